The maximum Gasteiger partial charge on any atom is 0.276 e. The van der Waals surface area contributed by atoms with Gasteiger partial charge >= 0.3 is 0 Å². The molecule has 0 aliphatic rings. The predicted molar refractivity (Wildman–Crippen MR) is 72.8 cm³/mol. The number of hydrogen-bond acceptors (Lipinski definition) is 4. The van der Waals surface area contributed by atoms with Gasteiger partial charge in [-0.05, 0) is 24.1 Å². The molecular weight excluding hydrogens is 244 g/mol. The number of nitrogens with one attached hydrogen (secondary N) is 1. The van der Waals surface area contributed by atoms with Crippen LogP contribution < -0.4 is 11.1 Å². The topological polar surface area (TPSA) is 93.2 Å². The Hall–Kier alpha value is -2.34. The molecule has 4 N–H and O–H groups in total. The van der Waals surface area contributed by atoms with Gasteiger partial charge in [0.05, 0.1) is 11.9 Å². The van der Waals surface area contributed by atoms with Crippen LogP contribution in [0.3, 0.4) is 0 Å². The normalized spacial score (nSPS) is 10.4. The molecule has 6 nitrogen and oxygen atoms in total. The summed E-state index contributed by atoms with van der Waals surface area (Å²) in [5.74, 6) is -0.299. The molecule has 19 heavy (non-hydrogen) atoms. The second kappa shape index (κ2) is 5.53. The number of amides is 1. The van der Waals surface area contributed by atoms with Gasteiger partial charge in [0, 0.05) is 19.3 Å². The van der Waals surface area contributed by atoms with Crippen LogP contribution in [-0.4, -0.2) is 27.4 Å². The molecule has 1 heterocycles. The van der Waals surface area contributed by atoms with Crippen molar-refractivity contribution in [2.24, 2.45) is 7.05 Å². The molecule has 6 heteroatoms. The molecule has 0 unspecified atom stereocenters. The van der Waals surface area contributed by atoms with Crippen molar-refractivity contribution in [1.82, 2.24) is 9.78 Å². The number of nitrogen functional groups attached to an aromatic ring is 1. The summed E-state index contributed by atoms with van der Waals surface area (Å²) < 4.78 is 1.44. The van der Waals surface area contributed by atoms with Gasteiger partial charge in [0.25, 0.3) is 5.91 Å². The van der Waals surface area contributed by atoms with E-state index in [1.165, 1.54) is 10.9 Å². The highest BCUT2D eigenvalue weighted by Gasteiger charge is 2.14. The SMILES string of the molecule is Cn1ncc(N)c1C(=O)Nc1ccc(CCO)cc1. The molecule has 0 aliphatic carbocycles. The number of aromatic nitrogens is 2. The van der Waals surface area contributed by atoms with Crippen LogP contribution in [0.15, 0.2) is 30.5 Å². The number of aliphatic hydroxyl groups excluding tert-OH is 1. The summed E-state index contributed by atoms with van der Waals surface area (Å²) in [6.45, 7) is 0.108. The number of nitrogens with zero attached hydrogens (tertiary/aromatic N) is 2. The third kappa shape index (κ3) is 2.92. The van der Waals surface area contributed by atoms with Crippen LogP contribution in [0.1, 0.15) is 16.1 Å². The first-order chi connectivity index (χ1) is 9.11. The molecule has 0 bridgehead atoms. The van der Waals surface area contributed by atoms with Crippen molar-refractivity contribution in [2.45, 2.75) is 6.42 Å². The van der Waals surface area contributed by atoms with E-state index in [1.54, 1.807) is 19.2 Å². The van der Waals surface area contributed by atoms with Crippen LogP contribution in [0.5, 0.6) is 0 Å². The minimum atomic E-state index is -0.299. The maximum atomic E-state index is 12.0. The van der Waals surface area contributed by atoms with E-state index >= 15 is 0 Å². The van der Waals surface area contributed by atoms with Crippen LogP contribution in [-0.2, 0) is 13.5 Å². The number of aryl methyl sites for hydroxylation is 1. The molecule has 100 valence electrons. The van der Waals surface area contributed by atoms with Crippen molar-refractivity contribution < 1.29 is 9.90 Å². The molecule has 0 saturated carbocycles. The van der Waals surface area contributed by atoms with Crippen LogP contribution >= 0.6 is 0 Å². The fraction of sp³-hybridized carbons (Fsp3) is 0.231. The summed E-state index contributed by atoms with van der Waals surface area (Å²) >= 11 is 0. The fourth-order valence-electron chi connectivity index (χ4n) is 1.81. The van der Waals surface area contributed by atoms with Crippen LogP contribution in [0.4, 0.5) is 11.4 Å². The smallest absolute Gasteiger partial charge is 0.276 e. The van der Waals surface area contributed by atoms with Crippen molar-refractivity contribution in [2.75, 3.05) is 17.7 Å². The summed E-state index contributed by atoms with van der Waals surface area (Å²) in [6.07, 6.45) is 2.04. The second-order valence-corrected chi connectivity index (χ2v) is 4.20. The molecule has 0 fully saturated rings. The largest absolute Gasteiger partial charge is 0.396 e. The van der Waals surface area contributed by atoms with E-state index in [1.807, 2.05) is 12.1 Å². The molecule has 1 aromatic carbocycles. The average molecular weight is 260 g/mol. The molecule has 0 aliphatic heterocycles. The average Bonchev–Trinajstić information content (AvgIpc) is 2.72. The number of aliphatic hydroxyl groups is 1. The van der Waals surface area contributed by atoms with Crippen LogP contribution in [0, 0.1) is 0 Å². The zero-order valence-electron chi connectivity index (χ0n) is 10.6. The minimum Gasteiger partial charge on any atom is -0.396 e. The van der Waals surface area contributed by atoms with Gasteiger partial charge in [0.1, 0.15) is 5.69 Å². The molecule has 2 rings (SSSR count). The minimum absolute atomic E-state index is 0.108. The molecular formula is C13H16N4O2. The fourth-order valence-corrected chi connectivity index (χ4v) is 1.81. The van der Waals surface area contributed by atoms with Gasteiger partial charge < -0.3 is 16.2 Å². The van der Waals surface area contributed by atoms with Crippen molar-refractivity contribution in [3.05, 3.63) is 41.7 Å². The second-order valence-electron chi connectivity index (χ2n) is 4.20. The van der Waals surface area contributed by atoms with Crippen molar-refractivity contribution in [3.63, 3.8) is 0 Å². The van der Waals surface area contributed by atoms with Gasteiger partial charge in [-0.25, -0.2) is 0 Å². The molecule has 0 spiro atoms. The Morgan fingerprint density at radius 1 is 1.42 bits per heavy atom. The van der Waals surface area contributed by atoms with Gasteiger partial charge in [-0.3, -0.25) is 9.48 Å². The third-order valence-electron chi connectivity index (χ3n) is 2.79. The number of hydrogen-bond donors (Lipinski definition) is 3. The molecule has 0 atom stereocenters. The Labute approximate surface area is 110 Å². The molecule has 2 aromatic rings. The number of benzene rings is 1. The molecule has 1 amide bonds. The Balaban J connectivity index is 2.11. The van der Waals surface area contributed by atoms with E-state index in [0.29, 0.717) is 23.5 Å². The molecule has 0 radical (unpaired) electrons. The first-order valence-electron chi connectivity index (χ1n) is 5.90. The van der Waals surface area contributed by atoms with E-state index in [4.69, 9.17) is 10.8 Å². The number of carbonyl (C=O) groups excluding carboxylic acids is 1. The summed E-state index contributed by atoms with van der Waals surface area (Å²) in [6, 6.07) is 7.29. The summed E-state index contributed by atoms with van der Waals surface area (Å²) in [5, 5.41) is 15.5. The zero-order chi connectivity index (χ0) is 13.8. The Bertz CT molecular complexity index is 555. The zero-order valence-corrected chi connectivity index (χ0v) is 10.6. The third-order valence-corrected chi connectivity index (χ3v) is 2.79. The van der Waals surface area contributed by atoms with Gasteiger partial charge in [-0.2, -0.15) is 5.10 Å². The lowest BCUT2D eigenvalue weighted by Gasteiger charge is -2.07. The van der Waals surface area contributed by atoms with E-state index < -0.39 is 0 Å². The first-order valence-corrected chi connectivity index (χ1v) is 5.90. The summed E-state index contributed by atoms with van der Waals surface area (Å²) in [5.41, 5.74) is 8.05. The number of anilines is 2. The van der Waals surface area contributed by atoms with Crippen molar-refractivity contribution >= 4 is 17.3 Å². The highest BCUT2D eigenvalue weighted by Crippen LogP contribution is 2.14. The van der Waals surface area contributed by atoms with Crippen molar-refractivity contribution in [1.29, 1.82) is 0 Å². The monoisotopic (exact) mass is 260 g/mol. The predicted octanol–water partition coefficient (Wildman–Crippen LogP) is 0.789. The molecule has 0 saturated heterocycles. The quantitative estimate of drug-likeness (QED) is 0.757. The summed E-state index contributed by atoms with van der Waals surface area (Å²) in [4.78, 5) is 12.0. The number of rotatable bonds is 4. The van der Waals surface area contributed by atoms with E-state index in [9.17, 15) is 4.79 Å². The lowest BCUT2D eigenvalue weighted by atomic mass is 10.1. The maximum absolute atomic E-state index is 12.0. The Kier molecular flexibility index (Phi) is 3.82. The van der Waals surface area contributed by atoms with Gasteiger partial charge in [0.2, 0.25) is 0 Å². The first kappa shape index (κ1) is 13.1. The Morgan fingerprint density at radius 3 is 2.63 bits per heavy atom. The van der Waals surface area contributed by atoms with E-state index in [-0.39, 0.29) is 12.5 Å². The Morgan fingerprint density at radius 2 is 2.11 bits per heavy atom. The summed E-state index contributed by atoms with van der Waals surface area (Å²) in [7, 11) is 1.66. The molecule has 1 aromatic heterocycles. The van der Waals surface area contributed by atoms with Gasteiger partial charge in [-0.1, -0.05) is 12.1 Å². The van der Waals surface area contributed by atoms with E-state index in [2.05, 4.69) is 10.4 Å². The lowest BCUT2D eigenvalue weighted by Crippen LogP contribution is -2.17. The number of nitrogens with two attached hydrogens (primary N) is 1. The van der Waals surface area contributed by atoms with Crippen LogP contribution in [0.25, 0.3) is 0 Å². The highest BCUT2D eigenvalue weighted by molar-refractivity contribution is 6.06. The van der Waals surface area contributed by atoms with Crippen LogP contribution in [0.2, 0.25) is 0 Å². The lowest BCUT2D eigenvalue weighted by molar-refractivity contribution is 0.101. The highest BCUT2D eigenvalue weighted by atomic mass is 16.3. The van der Waals surface area contributed by atoms with E-state index in [0.717, 1.165) is 5.56 Å². The number of carbonyl (C=O) groups is 1. The standard InChI is InChI=1S/C13H16N4O2/c1-17-12(11(14)8-15-17)13(19)16-10-4-2-9(3-5-10)6-7-18/h2-5,8,18H,6-7,14H2,1H3,(H,16,19). The van der Waals surface area contributed by atoms with Gasteiger partial charge in [0.15, 0.2) is 0 Å². The van der Waals surface area contributed by atoms with Crippen molar-refractivity contribution in [3.8, 4) is 0 Å². The van der Waals surface area contributed by atoms with Gasteiger partial charge in [-0.15, -0.1) is 0 Å².